The lowest BCUT2D eigenvalue weighted by atomic mass is 10.2. The lowest BCUT2D eigenvalue weighted by Gasteiger charge is -2.17. The zero-order chi connectivity index (χ0) is 16.8. The Kier molecular flexibility index (Phi) is 6.91. The summed E-state index contributed by atoms with van der Waals surface area (Å²) in [6.45, 7) is 2.84. The largest absolute Gasteiger partial charge is 0.446 e. The van der Waals surface area contributed by atoms with Gasteiger partial charge in [-0.25, -0.2) is 0 Å². The lowest BCUT2D eigenvalue weighted by Crippen LogP contribution is -2.31. The molecule has 2 heterocycles. The minimum absolute atomic E-state index is 0.162. The van der Waals surface area contributed by atoms with Crippen LogP contribution < -0.4 is 0 Å². The molecule has 0 aromatic carbocycles. The fourth-order valence-electron chi connectivity index (χ4n) is 2.24. The maximum Gasteiger partial charge on any atom is 0.294 e. The second-order valence-corrected chi connectivity index (χ2v) is 7.63. The highest BCUT2D eigenvalue weighted by Gasteiger charge is 2.39. The van der Waals surface area contributed by atoms with Crippen LogP contribution in [0.5, 0.6) is 0 Å². The maximum absolute atomic E-state index is 12.6. The molecule has 0 aliphatic carbocycles. The Labute approximate surface area is 149 Å². The second kappa shape index (κ2) is 8.70. The van der Waals surface area contributed by atoms with Crippen LogP contribution in [-0.2, 0) is 19.1 Å². The van der Waals surface area contributed by atoms with Crippen LogP contribution in [0.15, 0.2) is 9.93 Å². The third-order valence-corrected chi connectivity index (χ3v) is 6.08. The maximum atomic E-state index is 12.6. The molecule has 0 radical (unpaired) electrons. The molecule has 2 aliphatic heterocycles. The highest BCUT2D eigenvalue weighted by molar-refractivity contribution is 8.27. The van der Waals surface area contributed by atoms with E-state index in [1.54, 1.807) is 4.90 Å². The van der Waals surface area contributed by atoms with Crippen molar-refractivity contribution in [2.45, 2.75) is 32.6 Å². The number of nitrogens with zero attached hydrogens (tertiary/aromatic N) is 2. The van der Waals surface area contributed by atoms with Crippen LogP contribution in [-0.4, -0.2) is 51.4 Å². The van der Waals surface area contributed by atoms with Crippen LogP contribution in [0.2, 0.25) is 0 Å². The molecular formula is C14H18N2O4S3. The summed E-state index contributed by atoms with van der Waals surface area (Å²) in [5, 5.41) is 0.533. The molecule has 0 N–H and O–H groups in total. The molecule has 6 nitrogen and oxygen atoms in total. The van der Waals surface area contributed by atoms with Gasteiger partial charge in [0.2, 0.25) is 5.91 Å². The van der Waals surface area contributed by atoms with Gasteiger partial charge in [-0.1, -0.05) is 61.9 Å². The van der Waals surface area contributed by atoms with E-state index in [9.17, 15) is 14.4 Å². The molecule has 2 fully saturated rings. The van der Waals surface area contributed by atoms with Crippen molar-refractivity contribution in [1.82, 2.24) is 9.80 Å². The number of thioether (sulfide) groups is 2. The predicted octanol–water partition coefficient (Wildman–Crippen LogP) is 2.30. The molecule has 2 saturated heterocycles. The Hall–Kier alpha value is -1.06. The molecule has 9 heteroatoms. The summed E-state index contributed by atoms with van der Waals surface area (Å²) >= 11 is 7.79. The van der Waals surface area contributed by atoms with E-state index >= 15 is 0 Å². The number of hydrogen-bond donors (Lipinski definition) is 0. The van der Waals surface area contributed by atoms with Gasteiger partial charge in [0.25, 0.3) is 12.4 Å². The van der Waals surface area contributed by atoms with Gasteiger partial charge in [-0.3, -0.25) is 24.2 Å². The van der Waals surface area contributed by atoms with Crippen molar-refractivity contribution in [1.29, 1.82) is 0 Å². The summed E-state index contributed by atoms with van der Waals surface area (Å²) in [7, 11) is 0. The van der Waals surface area contributed by atoms with E-state index in [4.69, 9.17) is 12.2 Å². The molecule has 0 bridgehead atoms. The first-order chi connectivity index (χ1) is 11.1. The SMILES string of the molecule is CCCCCCN1C(=O)C(=C2SCC(=O)N2COC=O)SC1=S. The average molecular weight is 375 g/mol. The Morgan fingerprint density at radius 1 is 1.26 bits per heavy atom. The Balaban J connectivity index is 2.10. The first kappa shape index (κ1) is 18.3. The Morgan fingerprint density at radius 2 is 2.04 bits per heavy atom. The third-order valence-electron chi connectivity index (χ3n) is 3.43. The fourth-order valence-corrected chi connectivity index (χ4v) is 4.76. The Morgan fingerprint density at radius 3 is 2.74 bits per heavy atom. The van der Waals surface area contributed by atoms with Crippen LogP contribution in [0.4, 0.5) is 0 Å². The minimum Gasteiger partial charge on any atom is -0.446 e. The van der Waals surface area contributed by atoms with Crippen molar-refractivity contribution in [3.8, 4) is 0 Å². The number of rotatable bonds is 8. The number of unbranched alkanes of at least 4 members (excludes halogenated alkanes) is 3. The number of ether oxygens (including phenoxy) is 1. The van der Waals surface area contributed by atoms with E-state index in [-0.39, 0.29) is 30.8 Å². The summed E-state index contributed by atoms with van der Waals surface area (Å²) in [4.78, 5) is 38.2. The van der Waals surface area contributed by atoms with E-state index in [0.29, 0.717) is 20.8 Å². The molecular weight excluding hydrogens is 356 g/mol. The summed E-state index contributed by atoms with van der Waals surface area (Å²) in [5.74, 6) is -0.108. The summed E-state index contributed by atoms with van der Waals surface area (Å²) in [6.07, 6.45) is 4.24. The molecule has 0 saturated carbocycles. The van der Waals surface area contributed by atoms with Crippen molar-refractivity contribution in [3.63, 3.8) is 0 Å². The second-order valence-electron chi connectivity index (χ2n) is 5.02. The highest BCUT2D eigenvalue weighted by atomic mass is 32.2. The Bertz CT molecular complexity index is 550. The van der Waals surface area contributed by atoms with Gasteiger partial charge in [0.1, 0.15) is 14.3 Å². The molecule has 0 unspecified atom stereocenters. The fraction of sp³-hybridized carbons (Fsp3) is 0.571. The van der Waals surface area contributed by atoms with Gasteiger partial charge in [0, 0.05) is 6.54 Å². The molecule has 2 rings (SSSR count). The van der Waals surface area contributed by atoms with Crippen molar-refractivity contribution in [2.24, 2.45) is 0 Å². The monoisotopic (exact) mass is 374 g/mol. The average Bonchev–Trinajstić information content (AvgIpc) is 3.03. The quantitative estimate of drug-likeness (QED) is 0.279. The smallest absolute Gasteiger partial charge is 0.294 e. The predicted molar refractivity (Wildman–Crippen MR) is 94.4 cm³/mol. The topological polar surface area (TPSA) is 66.9 Å². The number of hydrogen-bond acceptors (Lipinski definition) is 7. The molecule has 126 valence electrons. The summed E-state index contributed by atoms with van der Waals surface area (Å²) in [6, 6.07) is 0. The zero-order valence-electron chi connectivity index (χ0n) is 12.8. The number of carbonyl (C=O) groups excluding carboxylic acids is 3. The molecule has 0 atom stereocenters. The van der Waals surface area contributed by atoms with E-state index in [1.165, 1.54) is 28.4 Å². The minimum atomic E-state index is -0.180. The van der Waals surface area contributed by atoms with Crippen LogP contribution in [0.25, 0.3) is 0 Å². The van der Waals surface area contributed by atoms with E-state index in [1.807, 2.05) is 0 Å². The standard InChI is InChI=1S/C14H18N2O4S3/c1-2-3-4-5-6-15-12(19)11(23-14(15)21)13-16(8-20-9-17)10(18)7-22-13/h9H,2-8H2,1H3. The normalized spacial score (nSPS) is 21.5. The van der Waals surface area contributed by atoms with Gasteiger partial charge < -0.3 is 4.74 Å². The van der Waals surface area contributed by atoms with Crippen molar-refractivity contribution in [3.05, 3.63) is 9.93 Å². The number of carbonyl (C=O) groups is 3. The van der Waals surface area contributed by atoms with Gasteiger partial charge >= 0.3 is 0 Å². The number of thiocarbonyl (C=S) groups is 1. The van der Waals surface area contributed by atoms with Gasteiger partial charge in [-0.2, -0.15) is 0 Å². The van der Waals surface area contributed by atoms with Gasteiger partial charge in [0.05, 0.1) is 5.75 Å². The molecule has 0 aromatic rings. The van der Waals surface area contributed by atoms with Crippen LogP contribution in [0.3, 0.4) is 0 Å². The molecule has 2 aliphatic rings. The molecule has 0 aromatic heterocycles. The first-order valence-corrected chi connectivity index (χ1v) is 9.57. The van der Waals surface area contributed by atoms with Gasteiger partial charge in [-0.05, 0) is 6.42 Å². The first-order valence-electron chi connectivity index (χ1n) is 7.36. The summed E-state index contributed by atoms with van der Waals surface area (Å²) < 4.78 is 5.19. The number of amides is 2. The molecule has 0 spiro atoms. The highest BCUT2D eigenvalue weighted by Crippen LogP contribution is 2.41. The van der Waals surface area contributed by atoms with Crippen LogP contribution >= 0.6 is 35.7 Å². The van der Waals surface area contributed by atoms with Gasteiger partial charge in [0.15, 0.2) is 6.73 Å². The van der Waals surface area contributed by atoms with Crippen LogP contribution in [0, 0.1) is 0 Å². The van der Waals surface area contributed by atoms with Crippen molar-refractivity contribution in [2.75, 3.05) is 19.0 Å². The van der Waals surface area contributed by atoms with E-state index in [2.05, 4.69) is 11.7 Å². The van der Waals surface area contributed by atoms with Gasteiger partial charge in [-0.15, -0.1) is 0 Å². The van der Waals surface area contributed by atoms with Crippen molar-refractivity contribution < 1.29 is 19.1 Å². The molecule has 2 amide bonds. The van der Waals surface area contributed by atoms with E-state index in [0.717, 1.165) is 25.7 Å². The lowest BCUT2D eigenvalue weighted by molar-refractivity contribution is -0.138. The summed E-state index contributed by atoms with van der Waals surface area (Å²) in [5.41, 5.74) is 0. The third kappa shape index (κ3) is 4.27. The zero-order valence-corrected chi connectivity index (χ0v) is 15.2. The molecule has 23 heavy (non-hydrogen) atoms. The van der Waals surface area contributed by atoms with E-state index < -0.39 is 0 Å². The van der Waals surface area contributed by atoms with Crippen molar-refractivity contribution >= 4 is 58.3 Å². The van der Waals surface area contributed by atoms with Crippen LogP contribution in [0.1, 0.15) is 32.6 Å².